The molecule has 7 nitrogen and oxygen atoms in total. The molecule has 2 aliphatic rings. The molecule has 1 fully saturated rings. The first-order chi connectivity index (χ1) is 12.5. The molecule has 0 aromatic heterocycles. The van der Waals surface area contributed by atoms with E-state index in [9.17, 15) is 9.59 Å². The van der Waals surface area contributed by atoms with Gasteiger partial charge in [-0.15, -0.1) is 0 Å². The van der Waals surface area contributed by atoms with E-state index in [-0.39, 0.29) is 30.5 Å². The van der Waals surface area contributed by atoms with Crippen LogP contribution in [0.1, 0.15) is 24.8 Å². The molecule has 3 unspecified atom stereocenters. The molecule has 0 saturated heterocycles. The highest BCUT2D eigenvalue weighted by Crippen LogP contribution is 2.39. The SMILES string of the molecule is COc1ccc(C2=COC3CC(OCC(N)=O)CCC3C2=O)cc1OC. The van der Waals surface area contributed by atoms with Gasteiger partial charge in [-0.3, -0.25) is 9.59 Å². The first-order valence-electron chi connectivity index (χ1n) is 8.55. The minimum atomic E-state index is -0.497. The quantitative estimate of drug-likeness (QED) is 0.828. The van der Waals surface area contributed by atoms with E-state index in [0.29, 0.717) is 36.3 Å². The van der Waals surface area contributed by atoms with E-state index in [1.165, 1.54) is 6.26 Å². The average Bonchev–Trinajstić information content (AvgIpc) is 2.66. The van der Waals surface area contributed by atoms with Gasteiger partial charge in [-0.2, -0.15) is 0 Å². The van der Waals surface area contributed by atoms with Gasteiger partial charge in [-0.1, -0.05) is 6.07 Å². The number of amides is 1. The monoisotopic (exact) mass is 361 g/mol. The largest absolute Gasteiger partial charge is 0.496 e. The van der Waals surface area contributed by atoms with Crippen molar-refractivity contribution in [3.63, 3.8) is 0 Å². The number of benzene rings is 1. The summed E-state index contributed by atoms with van der Waals surface area (Å²) in [5, 5.41) is 0. The van der Waals surface area contributed by atoms with E-state index >= 15 is 0 Å². The number of Topliss-reactive ketones (excluding diaryl/α,β-unsaturated/α-hetero) is 1. The molecule has 3 rings (SSSR count). The maximum absolute atomic E-state index is 13.0. The molecular weight excluding hydrogens is 338 g/mol. The number of allylic oxidation sites excluding steroid dienone is 1. The van der Waals surface area contributed by atoms with Gasteiger partial charge >= 0.3 is 0 Å². The smallest absolute Gasteiger partial charge is 0.243 e. The van der Waals surface area contributed by atoms with E-state index in [2.05, 4.69) is 0 Å². The lowest BCUT2D eigenvalue weighted by molar-refractivity contribution is -0.133. The third kappa shape index (κ3) is 3.67. The number of nitrogens with two attached hydrogens (primary N) is 1. The highest BCUT2D eigenvalue weighted by molar-refractivity contribution is 6.22. The molecule has 1 saturated carbocycles. The first kappa shape index (κ1) is 18.3. The van der Waals surface area contributed by atoms with Crippen molar-refractivity contribution >= 4 is 17.3 Å². The van der Waals surface area contributed by atoms with E-state index < -0.39 is 5.91 Å². The number of hydrogen-bond acceptors (Lipinski definition) is 6. The number of carbonyl (C=O) groups excluding carboxylic acids is 2. The van der Waals surface area contributed by atoms with Crippen molar-refractivity contribution < 1.29 is 28.5 Å². The maximum atomic E-state index is 13.0. The Hall–Kier alpha value is -2.54. The Kier molecular flexibility index (Phi) is 5.46. The molecule has 0 radical (unpaired) electrons. The van der Waals surface area contributed by atoms with Crippen LogP contribution in [0.15, 0.2) is 24.5 Å². The van der Waals surface area contributed by atoms with Crippen molar-refractivity contribution in [3.8, 4) is 11.5 Å². The summed E-state index contributed by atoms with van der Waals surface area (Å²) < 4.78 is 21.9. The predicted octanol–water partition coefficient (Wildman–Crippen LogP) is 1.68. The van der Waals surface area contributed by atoms with Gasteiger partial charge in [0.2, 0.25) is 5.91 Å². The zero-order valence-corrected chi connectivity index (χ0v) is 14.9. The van der Waals surface area contributed by atoms with Crippen LogP contribution in [0, 0.1) is 5.92 Å². The number of rotatable bonds is 6. The number of ether oxygens (including phenoxy) is 4. The summed E-state index contributed by atoms with van der Waals surface area (Å²) in [5.74, 6) is 0.511. The second-order valence-electron chi connectivity index (χ2n) is 6.46. The molecule has 3 atom stereocenters. The van der Waals surface area contributed by atoms with E-state index in [1.807, 2.05) is 6.07 Å². The number of hydrogen-bond donors (Lipinski definition) is 1. The molecule has 0 bridgehead atoms. The fourth-order valence-electron chi connectivity index (χ4n) is 3.52. The lowest BCUT2D eigenvalue weighted by Crippen LogP contribution is -2.42. The molecule has 0 spiro atoms. The minimum Gasteiger partial charge on any atom is -0.496 e. The summed E-state index contributed by atoms with van der Waals surface area (Å²) in [5.41, 5.74) is 6.38. The van der Waals surface area contributed by atoms with Crippen molar-refractivity contribution in [2.45, 2.75) is 31.5 Å². The first-order valence-corrected chi connectivity index (χ1v) is 8.55. The summed E-state index contributed by atoms with van der Waals surface area (Å²) in [6.45, 7) is -0.108. The summed E-state index contributed by atoms with van der Waals surface area (Å²) in [4.78, 5) is 23.8. The van der Waals surface area contributed by atoms with Gasteiger partial charge in [-0.05, 0) is 30.5 Å². The minimum absolute atomic E-state index is 0.0572. The van der Waals surface area contributed by atoms with Crippen LogP contribution in [0.5, 0.6) is 11.5 Å². The second-order valence-corrected chi connectivity index (χ2v) is 6.46. The van der Waals surface area contributed by atoms with E-state index in [1.54, 1.807) is 26.4 Å². The van der Waals surface area contributed by atoms with Crippen LogP contribution in [0.3, 0.4) is 0 Å². The van der Waals surface area contributed by atoms with Gasteiger partial charge in [0.1, 0.15) is 12.7 Å². The Balaban J connectivity index is 1.75. The van der Waals surface area contributed by atoms with E-state index in [4.69, 9.17) is 24.7 Å². The molecule has 1 aromatic carbocycles. The highest BCUT2D eigenvalue weighted by Gasteiger charge is 2.40. The lowest BCUT2D eigenvalue weighted by atomic mass is 9.78. The van der Waals surface area contributed by atoms with Crippen LogP contribution in [-0.2, 0) is 19.1 Å². The molecule has 1 aromatic rings. The van der Waals surface area contributed by atoms with Gasteiger partial charge in [0.15, 0.2) is 17.3 Å². The number of primary amides is 1. The Morgan fingerprint density at radius 3 is 2.69 bits per heavy atom. The van der Waals surface area contributed by atoms with Gasteiger partial charge in [0, 0.05) is 6.42 Å². The standard InChI is InChI=1S/C19H23NO6/c1-23-15-6-3-11(7-17(15)24-2)14-9-26-16-8-12(25-10-18(20)21)4-5-13(16)19(14)22/h3,6-7,9,12-13,16H,4-5,8,10H2,1-2H3,(H2,20,21). The normalized spacial score (nSPS) is 24.9. The van der Waals surface area contributed by atoms with Crippen LogP contribution in [-0.4, -0.2) is 44.7 Å². The van der Waals surface area contributed by atoms with Crippen molar-refractivity contribution in [1.82, 2.24) is 0 Å². The van der Waals surface area contributed by atoms with Crippen LogP contribution in [0.25, 0.3) is 5.57 Å². The molecular formula is C19H23NO6. The summed E-state index contributed by atoms with van der Waals surface area (Å²) in [6, 6.07) is 5.35. The van der Waals surface area contributed by atoms with Crippen molar-refractivity contribution in [1.29, 1.82) is 0 Å². The fraction of sp³-hybridized carbons (Fsp3) is 0.474. The summed E-state index contributed by atoms with van der Waals surface area (Å²) in [7, 11) is 3.12. The molecule has 1 aliphatic carbocycles. The van der Waals surface area contributed by atoms with Gasteiger partial charge in [0.25, 0.3) is 0 Å². The molecule has 7 heteroatoms. The molecule has 1 amide bonds. The second kappa shape index (κ2) is 7.78. The van der Waals surface area contributed by atoms with Gasteiger partial charge < -0.3 is 24.7 Å². The predicted molar refractivity (Wildman–Crippen MR) is 93.7 cm³/mol. The third-order valence-corrected chi connectivity index (χ3v) is 4.86. The summed E-state index contributed by atoms with van der Waals surface area (Å²) in [6.07, 6.45) is 3.08. The third-order valence-electron chi connectivity index (χ3n) is 4.86. The summed E-state index contributed by atoms with van der Waals surface area (Å²) >= 11 is 0. The average molecular weight is 361 g/mol. The topological polar surface area (TPSA) is 97.1 Å². The lowest BCUT2D eigenvalue weighted by Gasteiger charge is -2.37. The molecule has 1 heterocycles. The zero-order valence-electron chi connectivity index (χ0n) is 14.9. The number of fused-ring (bicyclic) bond motifs is 1. The number of carbonyl (C=O) groups is 2. The van der Waals surface area contributed by atoms with Gasteiger partial charge in [-0.25, -0.2) is 0 Å². The van der Waals surface area contributed by atoms with Crippen LogP contribution >= 0.6 is 0 Å². The van der Waals surface area contributed by atoms with Crippen molar-refractivity contribution in [2.24, 2.45) is 11.7 Å². The van der Waals surface area contributed by atoms with Crippen LogP contribution in [0.4, 0.5) is 0 Å². The number of ketones is 1. The van der Waals surface area contributed by atoms with Gasteiger partial charge in [0.05, 0.1) is 38.1 Å². The Labute approximate surface area is 152 Å². The van der Waals surface area contributed by atoms with Crippen LogP contribution < -0.4 is 15.2 Å². The Morgan fingerprint density at radius 1 is 1.23 bits per heavy atom. The Bertz CT molecular complexity index is 729. The molecule has 140 valence electrons. The maximum Gasteiger partial charge on any atom is 0.243 e. The molecule has 1 aliphatic heterocycles. The number of methoxy groups -OCH3 is 2. The highest BCUT2D eigenvalue weighted by atomic mass is 16.5. The van der Waals surface area contributed by atoms with Crippen LogP contribution in [0.2, 0.25) is 0 Å². The fourth-order valence-corrected chi connectivity index (χ4v) is 3.52. The molecule has 2 N–H and O–H groups in total. The van der Waals surface area contributed by atoms with Crippen molar-refractivity contribution in [3.05, 3.63) is 30.0 Å². The zero-order chi connectivity index (χ0) is 18.7. The van der Waals surface area contributed by atoms with E-state index in [0.717, 1.165) is 5.56 Å². The Morgan fingerprint density at radius 2 is 2.00 bits per heavy atom. The van der Waals surface area contributed by atoms with Crippen molar-refractivity contribution in [2.75, 3.05) is 20.8 Å². The molecule has 26 heavy (non-hydrogen) atoms.